The first kappa shape index (κ1) is 40.0. The fourth-order valence-electron chi connectivity index (χ4n) is 5.25. The number of ether oxygens (including phenoxy) is 8. The van der Waals surface area contributed by atoms with Gasteiger partial charge in [-0.2, -0.15) is 0 Å². The summed E-state index contributed by atoms with van der Waals surface area (Å²) in [6.07, 6.45) is -9.75. The molecule has 2 aromatic carbocycles. The van der Waals surface area contributed by atoms with Gasteiger partial charge in [0.05, 0.1) is 14.2 Å². The highest BCUT2D eigenvalue weighted by Crippen LogP contribution is 2.38. The molecule has 0 bridgehead atoms. The summed E-state index contributed by atoms with van der Waals surface area (Å²) in [6.45, 7) is -1.35. The van der Waals surface area contributed by atoms with Crippen LogP contribution < -0.4 is 9.47 Å². The first-order valence-corrected chi connectivity index (χ1v) is 15.7. The Labute approximate surface area is 296 Å². The van der Waals surface area contributed by atoms with Gasteiger partial charge in [0.15, 0.2) is 35.4 Å². The summed E-state index contributed by atoms with van der Waals surface area (Å²) < 4.78 is 42.7. The Hall–Kier alpha value is -4.79. The van der Waals surface area contributed by atoms with Crippen LogP contribution in [0.5, 0.6) is 23.0 Å². The van der Waals surface area contributed by atoms with E-state index in [0.717, 1.165) is 19.1 Å². The third-order valence-corrected chi connectivity index (χ3v) is 8.00. The number of aliphatic hydroxyl groups excluding tert-OH is 5. The molecule has 2 aromatic rings. The second-order valence-electron chi connectivity index (χ2n) is 11.6. The van der Waals surface area contributed by atoms with Crippen molar-refractivity contribution >= 4 is 30.1 Å². The minimum Gasteiger partial charge on any atom is -0.504 e. The second kappa shape index (κ2) is 17.6. The molecule has 4 rings (SSSR count). The molecule has 2 fully saturated rings. The normalized spacial score (nSPS) is 28.8. The Bertz CT molecular complexity index is 1630. The van der Waals surface area contributed by atoms with E-state index in [-0.39, 0.29) is 23.0 Å². The SMILES string of the molecule is COc1cc(C=CC(=O)OCC2OC(CO)(OC3OC(COC(C)=O)C(O)C(O)C3O)C(OC(=O)C=Cc3ccc(O)c(OC)c3)C2O)ccc1O. The first-order chi connectivity index (χ1) is 24.7. The van der Waals surface area contributed by atoms with E-state index in [1.807, 2.05) is 0 Å². The number of phenolic OH excluding ortho intramolecular Hbond substituents is 2. The van der Waals surface area contributed by atoms with Gasteiger partial charge in [-0.3, -0.25) is 4.79 Å². The predicted octanol–water partition coefficient (Wildman–Crippen LogP) is -0.868. The molecule has 2 aliphatic heterocycles. The van der Waals surface area contributed by atoms with E-state index < -0.39 is 92.5 Å². The third kappa shape index (κ3) is 9.55. The van der Waals surface area contributed by atoms with Crippen LogP contribution in [0.25, 0.3) is 12.2 Å². The van der Waals surface area contributed by atoms with Crippen molar-refractivity contribution in [2.24, 2.45) is 0 Å². The standard InChI is InChI=1S/C34H40O18/c1-17(36)47-14-24-28(41)30(43)31(44)33(49-24)52-34(16-35)32(50-27(40)11-7-19-5-9-21(38)23(13-19)46-3)29(42)25(51-34)15-48-26(39)10-6-18-4-8-20(37)22(12-18)45-2/h4-13,24-25,28-33,35,37-38,41-44H,14-16H2,1-3H3. The number of rotatable bonds is 14. The van der Waals surface area contributed by atoms with E-state index in [4.69, 9.17) is 37.9 Å². The topological polar surface area (TPSA) is 267 Å². The van der Waals surface area contributed by atoms with E-state index in [2.05, 4.69) is 0 Å². The van der Waals surface area contributed by atoms with Crippen molar-refractivity contribution < 1.29 is 88.0 Å². The van der Waals surface area contributed by atoms with Crippen LogP contribution in [0, 0.1) is 0 Å². The van der Waals surface area contributed by atoms with Crippen LogP contribution in [0.15, 0.2) is 48.6 Å². The Balaban J connectivity index is 1.56. The minimum atomic E-state index is -2.54. The van der Waals surface area contributed by atoms with Crippen LogP contribution in [-0.4, -0.2) is 142 Å². The van der Waals surface area contributed by atoms with Crippen molar-refractivity contribution in [2.75, 3.05) is 34.0 Å². The molecule has 2 aliphatic rings. The summed E-state index contributed by atoms with van der Waals surface area (Å²) in [6, 6.07) is 8.50. The number of hydrogen-bond donors (Lipinski definition) is 7. The molecular weight excluding hydrogens is 696 g/mol. The molecule has 0 spiro atoms. The van der Waals surface area contributed by atoms with E-state index >= 15 is 0 Å². The van der Waals surface area contributed by atoms with Crippen molar-refractivity contribution in [3.05, 3.63) is 59.7 Å². The maximum atomic E-state index is 13.0. The van der Waals surface area contributed by atoms with Crippen molar-refractivity contribution in [2.45, 2.75) is 61.7 Å². The Morgan fingerprint density at radius 1 is 0.769 bits per heavy atom. The van der Waals surface area contributed by atoms with E-state index in [1.54, 1.807) is 0 Å². The smallest absolute Gasteiger partial charge is 0.331 e. The quantitative estimate of drug-likeness (QED) is 0.0706. The predicted molar refractivity (Wildman–Crippen MR) is 173 cm³/mol. The number of phenols is 2. The van der Waals surface area contributed by atoms with Gasteiger partial charge in [0, 0.05) is 19.1 Å². The molecular formula is C34H40O18. The number of hydrogen-bond acceptors (Lipinski definition) is 18. The molecule has 2 heterocycles. The fourth-order valence-corrected chi connectivity index (χ4v) is 5.25. The average molecular weight is 737 g/mol. The van der Waals surface area contributed by atoms with Gasteiger partial charge in [-0.1, -0.05) is 12.1 Å². The number of benzene rings is 2. The van der Waals surface area contributed by atoms with Crippen LogP contribution in [0.4, 0.5) is 0 Å². The number of aromatic hydroxyl groups is 2. The van der Waals surface area contributed by atoms with Gasteiger partial charge in [-0.05, 0) is 47.5 Å². The van der Waals surface area contributed by atoms with Crippen molar-refractivity contribution in [3.8, 4) is 23.0 Å². The zero-order valence-corrected chi connectivity index (χ0v) is 28.1. The first-order valence-electron chi connectivity index (χ1n) is 15.7. The lowest BCUT2D eigenvalue weighted by molar-refractivity contribution is -0.383. The van der Waals surface area contributed by atoms with Crippen LogP contribution >= 0.6 is 0 Å². The summed E-state index contributed by atoms with van der Waals surface area (Å²) >= 11 is 0. The number of methoxy groups -OCH3 is 2. The van der Waals surface area contributed by atoms with Gasteiger partial charge in [0.25, 0.3) is 0 Å². The highest BCUT2D eigenvalue weighted by atomic mass is 16.8. The van der Waals surface area contributed by atoms with Gasteiger partial charge in [0.2, 0.25) is 5.79 Å². The lowest BCUT2D eigenvalue weighted by Crippen LogP contribution is -2.63. The summed E-state index contributed by atoms with van der Waals surface area (Å²) in [4.78, 5) is 37.0. The van der Waals surface area contributed by atoms with Crippen molar-refractivity contribution in [1.82, 2.24) is 0 Å². The summed E-state index contributed by atoms with van der Waals surface area (Å²) in [5.74, 6) is -5.30. The summed E-state index contributed by atoms with van der Waals surface area (Å²) in [5, 5.41) is 73.1. The average Bonchev–Trinajstić information content (AvgIpc) is 3.38. The van der Waals surface area contributed by atoms with Gasteiger partial charge in [0.1, 0.15) is 56.4 Å². The molecule has 7 N–H and O–H groups in total. The van der Waals surface area contributed by atoms with Crippen molar-refractivity contribution in [1.29, 1.82) is 0 Å². The summed E-state index contributed by atoms with van der Waals surface area (Å²) in [5.41, 5.74) is 0.862. The third-order valence-electron chi connectivity index (χ3n) is 8.00. The number of aliphatic hydroxyl groups is 5. The molecule has 284 valence electrons. The highest BCUT2D eigenvalue weighted by molar-refractivity contribution is 5.88. The Morgan fingerprint density at radius 3 is 1.87 bits per heavy atom. The van der Waals surface area contributed by atoms with E-state index in [9.17, 15) is 50.1 Å². The maximum Gasteiger partial charge on any atom is 0.331 e. The lowest BCUT2D eigenvalue weighted by atomic mass is 9.99. The van der Waals surface area contributed by atoms with E-state index in [0.29, 0.717) is 11.1 Å². The number of esters is 3. The zero-order valence-electron chi connectivity index (χ0n) is 28.1. The molecule has 2 saturated heterocycles. The molecule has 9 atom stereocenters. The molecule has 18 heteroatoms. The van der Waals surface area contributed by atoms with Gasteiger partial charge >= 0.3 is 17.9 Å². The van der Waals surface area contributed by atoms with Gasteiger partial charge < -0.3 is 73.6 Å². The largest absolute Gasteiger partial charge is 0.504 e. The van der Waals surface area contributed by atoms with Crippen molar-refractivity contribution in [3.63, 3.8) is 0 Å². The van der Waals surface area contributed by atoms with Crippen LogP contribution in [0.2, 0.25) is 0 Å². The van der Waals surface area contributed by atoms with Gasteiger partial charge in [-0.25, -0.2) is 9.59 Å². The van der Waals surface area contributed by atoms with E-state index in [1.165, 1.54) is 62.8 Å². The highest BCUT2D eigenvalue weighted by Gasteiger charge is 2.61. The lowest BCUT2D eigenvalue weighted by Gasteiger charge is -2.43. The monoisotopic (exact) mass is 736 g/mol. The number of carbonyl (C=O) groups excluding carboxylic acids is 3. The molecule has 0 saturated carbocycles. The zero-order chi connectivity index (χ0) is 38.2. The summed E-state index contributed by atoms with van der Waals surface area (Å²) in [7, 11) is 2.68. The number of carbonyl (C=O) groups is 3. The molecule has 0 aliphatic carbocycles. The van der Waals surface area contributed by atoms with Crippen LogP contribution in [-0.2, 0) is 42.8 Å². The second-order valence-corrected chi connectivity index (χ2v) is 11.6. The fraction of sp³-hybridized carbons (Fsp3) is 0.441. The molecule has 52 heavy (non-hydrogen) atoms. The van der Waals surface area contributed by atoms with Crippen LogP contribution in [0.3, 0.4) is 0 Å². The molecule has 0 radical (unpaired) electrons. The maximum absolute atomic E-state index is 13.0. The van der Waals surface area contributed by atoms with Crippen LogP contribution in [0.1, 0.15) is 18.1 Å². The molecule has 18 nitrogen and oxygen atoms in total. The Morgan fingerprint density at radius 2 is 1.33 bits per heavy atom. The molecule has 0 amide bonds. The molecule has 9 unspecified atom stereocenters. The minimum absolute atomic E-state index is 0.114. The Kier molecular flexibility index (Phi) is 13.6. The van der Waals surface area contributed by atoms with Gasteiger partial charge in [-0.15, -0.1) is 0 Å². The molecule has 0 aromatic heterocycles.